The number of fused-ring (bicyclic) bond motifs is 3. The normalized spacial score (nSPS) is 34.5. The molecule has 3 heteroatoms. The molecule has 3 unspecified atom stereocenters. The van der Waals surface area contributed by atoms with Crippen molar-refractivity contribution in [1.29, 1.82) is 0 Å². The van der Waals surface area contributed by atoms with Gasteiger partial charge in [0.1, 0.15) is 0 Å². The maximum atomic E-state index is 9.83. The standard InChI is InChI=1S/C12H16N2O/c15-12-7-11-2-1-9(12)8-14(11)10-3-5-13-6-4-10/h3-6,9,11-12,15H,1-2,7-8H2. The first-order valence-electron chi connectivity index (χ1n) is 5.69. The predicted octanol–water partition coefficient (Wildman–Crippen LogP) is 1.43. The number of pyridine rings is 1. The van der Waals surface area contributed by atoms with Crippen molar-refractivity contribution in [3.05, 3.63) is 24.5 Å². The lowest BCUT2D eigenvalue weighted by atomic mass is 9.77. The van der Waals surface area contributed by atoms with Gasteiger partial charge in [-0.3, -0.25) is 4.98 Å². The maximum absolute atomic E-state index is 9.83. The summed E-state index contributed by atoms with van der Waals surface area (Å²) in [6.07, 6.45) is 6.97. The van der Waals surface area contributed by atoms with E-state index in [1.807, 2.05) is 12.4 Å². The van der Waals surface area contributed by atoms with Gasteiger partial charge in [0.05, 0.1) is 6.10 Å². The van der Waals surface area contributed by atoms with Crippen molar-refractivity contribution < 1.29 is 5.11 Å². The summed E-state index contributed by atoms with van der Waals surface area (Å²) >= 11 is 0. The molecule has 2 aliphatic heterocycles. The van der Waals surface area contributed by atoms with Gasteiger partial charge in [-0.1, -0.05) is 0 Å². The van der Waals surface area contributed by atoms with Crippen LogP contribution in [0.25, 0.3) is 0 Å². The van der Waals surface area contributed by atoms with Crippen LogP contribution in [0.2, 0.25) is 0 Å². The Bertz CT molecular complexity index is 341. The smallest absolute Gasteiger partial charge is 0.0604 e. The number of aliphatic hydroxyl groups is 1. The summed E-state index contributed by atoms with van der Waals surface area (Å²) in [6.45, 7) is 1.01. The van der Waals surface area contributed by atoms with Crippen molar-refractivity contribution >= 4 is 5.69 Å². The topological polar surface area (TPSA) is 36.4 Å². The Morgan fingerprint density at radius 1 is 1.27 bits per heavy atom. The lowest BCUT2D eigenvalue weighted by Gasteiger charge is -2.49. The quantitative estimate of drug-likeness (QED) is 0.751. The largest absolute Gasteiger partial charge is 0.393 e. The molecule has 3 aliphatic rings. The fourth-order valence-corrected chi connectivity index (χ4v) is 2.94. The molecule has 1 aromatic rings. The van der Waals surface area contributed by atoms with Crippen LogP contribution in [0, 0.1) is 5.92 Å². The Kier molecular flexibility index (Phi) is 2.13. The third-order valence-corrected chi connectivity index (χ3v) is 3.79. The van der Waals surface area contributed by atoms with Gasteiger partial charge in [0, 0.05) is 36.6 Å². The molecule has 1 N–H and O–H groups in total. The highest BCUT2D eigenvalue weighted by Gasteiger charge is 2.39. The summed E-state index contributed by atoms with van der Waals surface area (Å²) in [6, 6.07) is 4.66. The lowest BCUT2D eigenvalue weighted by Crippen LogP contribution is -2.54. The van der Waals surface area contributed by atoms with Crippen molar-refractivity contribution in [3.8, 4) is 0 Å². The SMILES string of the molecule is OC1CC2CCC1CN2c1ccncc1. The number of nitrogens with zero attached hydrogens (tertiary/aromatic N) is 2. The number of hydrogen-bond acceptors (Lipinski definition) is 3. The van der Waals surface area contributed by atoms with Crippen molar-refractivity contribution in [3.63, 3.8) is 0 Å². The fraction of sp³-hybridized carbons (Fsp3) is 0.583. The molecule has 2 saturated heterocycles. The Balaban J connectivity index is 1.85. The molecule has 4 rings (SSSR count). The Morgan fingerprint density at radius 2 is 2.07 bits per heavy atom. The van der Waals surface area contributed by atoms with Gasteiger partial charge in [0.2, 0.25) is 0 Å². The van der Waals surface area contributed by atoms with Crippen LogP contribution in [0.3, 0.4) is 0 Å². The predicted molar refractivity (Wildman–Crippen MR) is 58.7 cm³/mol. The molecule has 0 amide bonds. The number of aliphatic hydroxyl groups excluding tert-OH is 1. The molecule has 3 heterocycles. The first-order valence-corrected chi connectivity index (χ1v) is 5.69. The molecule has 3 atom stereocenters. The average molecular weight is 204 g/mol. The molecular weight excluding hydrogens is 188 g/mol. The summed E-state index contributed by atoms with van der Waals surface area (Å²) in [5, 5.41) is 9.83. The van der Waals surface area contributed by atoms with E-state index in [-0.39, 0.29) is 6.10 Å². The van der Waals surface area contributed by atoms with Gasteiger partial charge in [0.15, 0.2) is 0 Å². The first-order chi connectivity index (χ1) is 7.34. The third-order valence-electron chi connectivity index (χ3n) is 3.79. The van der Waals surface area contributed by atoms with E-state index in [1.165, 1.54) is 18.5 Å². The van der Waals surface area contributed by atoms with Gasteiger partial charge in [-0.15, -0.1) is 0 Å². The molecule has 0 aromatic carbocycles. The fourth-order valence-electron chi connectivity index (χ4n) is 2.94. The van der Waals surface area contributed by atoms with Gasteiger partial charge >= 0.3 is 0 Å². The van der Waals surface area contributed by atoms with Crippen molar-refractivity contribution in [1.82, 2.24) is 4.98 Å². The van der Waals surface area contributed by atoms with E-state index in [0.29, 0.717) is 12.0 Å². The zero-order chi connectivity index (χ0) is 10.3. The number of piperidine rings is 2. The Labute approximate surface area is 89.7 Å². The highest BCUT2D eigenvalue weighted by molar-refractivity contribution is 5.47. The van der Waals surface area contributed by atoms with Gasteiger partial charge in [-0.25, -0.2) is 0 Å². The maximum Gasteiger partial charge on any atom is 0.0604 e. The molecule has 0 radical (unpaired) electrons. The summed E-state index contributed by atoms with van der Waals surface area (Å²) in [4.78, 5) is 6.47. The third kappa shape index (κ3) is 1.51. The van der Waals surface area contributed by atoms with Crippen molar-refractivity contribution in [2.45, 2.75) is 31.4 Å². The highest BCUT2D eigenvalue weighted by Crippen LogP contribution is 2.37. The Hall–Kier alpha value is -1.09. The van der Waals surface area contributed by atoms with E-state index >= 15 is 0 Å². The zero-order valence-corrected chi connectivity index (χ0v) is 8.71. The van der Waals surface area contributed by atoms with E-state index in [0.717, 1.165) is 13.0 Å². The van der Waals surface area contributed by atoms with Crippen molar-refractivity contribution in [2.75, 3.05) is 11.4 Å². The molecule has 15 heavy (non-hydrogen) atoms. The summed E-state index contributed by atoms with van der Waals surface area (Å²) < 4.78 is 0. The second-order valence-corrected chi connectivity index (χ2v) is 4.65. The van der Waals surface area contributed by atoms with Crippen LogP contribution in [-0.4, -0.2) is 28.8 Å². The van der Waals surface area contributed by atoms with Gasteiger partial charge in [0.25, 0.3) is 0 Å². The minimum Gasteiger partial charge on any atom is -0.393 e. The summed E-state index contributed by atoms with van der Waals surface area (Å²) in [5.74, 6) is 0.475. The monoisotopic (exact) mass is 204 g/mol. The zero-order valence-electron chi connectivity index (χ0n) is 8.71. The van der Waals surface area contributed by atoms with Crippen LogP contribution in [0.5, 0.6) is 0 Å². The number of rotatable bonds is 1. The number of hydrogen-bond donors (Lipinski definition) is 1. The van der Waals surface area contributed by atoms with E-state index in [9.17, 15) is 5.11 Å². The molecule has 3 fully saturated rings. The average Bonchev–Trinajstić information content (AvgIpc) is 2.31. The van der Waals surface area contributed by atoms with Crippen LogP contribution in [0.1, 0.15) is 19.3 Å². The second-order valence-electron chi connectivity index (χ2n) is 4.65. The number of anilines is 1. The Morgan fingerprint density at radius 3 is 2.67 bits per heavy atom. The van der Waals surface area contributed by atoms with E-state index in [2.05, 4.69) is 22.0 Å². The molecular formula is C12H16N2O. The van der Waals surface area contributed by atoms with E-state index in [1.54, 1.807) is 0 Å². The van der Waals surface area contributed by atoms with Crippen LogP contribution in [0.15, 0.2) is 24.5 Å². The molecule has 0 spiro atoms. The summed E-state index contributed by atoms with van der Waals surface area (Å²) in [5.41, 5.74) is 1.26. The van der Waals surface area contributed by atoms with E-state index in [4.69, 9.17) is 0 Å². The first kappa shape index (κ1) is 9.16. The van der Waals surface area contributed by atoms with Crippen LogP contribution in [0.4, 0.5) is 5.69 Å². The number of aromatic nitrogens is 1. The molecule has 2 bridgehead atoms. The molecule has 1 saturated carbocycles. The highest BCUT2D eigenvalue weighted by atomic mass is 16.3. The molecule has 3 nitrogen and oxygen atoms in total. The van der Waals surface area contributed by atoms with E-state index < -0.39 is 0 Å². The van der Waals surface area contributed by atoms with Crippen LogP contribution in [-0.2, 0) is 0 Å². The van der Waals surface area contributed by atoms with Crippen LogP contribution < -0.4 is 4.90 Å². The minimum absolute atomic E-state index is 0.0677. The second kappa shape index (κ2) is 3.49. The molecule has 1 aromatic heterocycles. The van der Waals surface area contributed by atoms with Gasteiger partial charge in [-0.2, -0.15) is 0 Å². The molecule has 80 valence electrons. The lowest BCUT2D eigenvalue weighted by molar-refractivity contribution is 0.0373. The van der Waals surface area contributed by atoms with Gasteiger partial charge in [-0.05, 0) is 31.4 Å². The van der Waals surface area contributed by atoms with Gasteiger partial charge < -0.3 is 10.0 Å². The summed E-state index contributed by atoms with van der Waals surface area (Å²) in [7, 11) is 0. The van der Waals surface area contributed by atoms with Crippen LogP contribution >= 0.6 is 0 Å². The molecule has 1 aliphatic carbocycles. The van der Waals surface area contributed by atoms with Crippen molar-refractivity contribution in [2.24, 2.45) is 5.92 Å². The minimum atomic E-state index is -0.0677.